The minimum Gasteiger partial charge on any atom is -0.486 e. The zero-order valence-corrected chi connectivity index (χ0v) is 12.2. The standard InChI is InChI=1S/C15H21NO2S/c1-19-14-10-13-12(17-7-8-18-13)9-11(14)15(16)5-3-2-4-6-15/h9-10H,2-8,16H2,1H3. The summed E-state index contributed by atoms with van der Waals surface area (Å²) in [6.45, 7) is 1.26. The Balaban J connectivity index is 2.03. The van der Waals surface area contributed by atoms with Crippen LogP contribution in [-0.2, 0) is 5.54 Å². The molecule has 4 heteroatoms. The number of hydrogen-bond donors (Lipinski definition) is 1. The smallest absolute Gasteiger partial charge is 0.162 e. The van der Waals surface area contributed by atoms with Gasteiger partial charge in [-0.05, 0) is 36.8 Å². The highest BCUT2D eigenvalue weighted by Gasteiger charge is 2.33. The van der Waals surface area contributed by atoms with Crippen LogP contribution in [0.5, 0.6) is 11.5 Å². The van der Waals surface area contributed by atoms with Gasteiger partial charge in [0.2, 0.25) is 0 Å². The van der Waals surface area contributed by atoms with Gasteiger partial charge < -0.3 is 15.2 Å². The van der Waals surface area contributed by atoms with Gasteiger partial charge in [-0.15, -0.1) is 11.8 Å². The molecule has 1 heterocycles. The summed E-state index contributed by atoms with van der Waals surface area (Å²) in [4.78, 5) is 1.23. The van der Waals surface area contributed by atoms with Crippen LogP contribution in [0.4, 0.5) is 0 Å². The largest absolute Gasteiger partial charge is 0.486 e. The van der Waals surface area contributed by atoms with Gasteiger partial charge in [0.05, 0.1) is 0 Å². The first kappa shape index (κ1) is 13.1. The molecule has 0 spiro atoms. The Kier molecular flexibility index (Phi) is 3.63. The first-order chi connectivity index (χ1) is 9.23. The van der Waals surface area contributed by atoms with E-state index >= 15 is 0 Å². The van der Waals surface area contributed by atoms with Crippen LogP contribution < -0.4 is 15.2 Å². The molecule has 0 amide bonds. The average Bonchev–Trinajstić information content (AvgIpc) is 2.46. The molecule has 0 radical (unpaired) electrons. The predicted octanol–water partition coefficient (Wildman–Crippen LogP) is 3.30. The van der Waals surface area contributed by atoms with Gasteiger partial charge in [-0.2, -0.15) is 0 Å². The van der Waals surface area contributed by atoms with Gasteiger partial charge in [0, 0.05) is 10.4 Å². The molecule has 0 atom stereocenters. The summed E-state index contributed by atoms with van der Waals surface area (Å²) >= 11 is 1.74. The fourth-order valence-electron chi connectivity index (χ4n) is 3.08. The normalized spacial score (nSPS) is 21.2. The molecule has 2 N–H and O–H groups in total. The van der Waals surface area contributed by atoms with E-state index in [9.17, 15) is 0 Å². The summed E-state index contributed by atoms with van der Waals surface area (Å²) in [5.41, 5.74) is 7.73. The Morgan fingerprint density at radius 1 is 1.05 bits per heavy atom. The molecule has 2 aliphatic rings. The third-order valence-electron chi connectivity index (χ3n) is 4.15. The molecule has 19 heavy (non-hydrogen) atoms. The van der Waals surface area contributed by atoms with Crippen molar-refractivity contribution in [2.45, 2.75) is 42.5 Å². The summed E-state index contributed by atoms with van der Waals surface area (Å²) in [7, 11) is 0. The molecule has 1 fully saturated rings. The maximum atomic E-state index is 6.68. The summed E-state index contributed by atoms with van der Waals surface area (Å²) in [5.74, 6) is 1.72. The van der Waals surface area contributed by atoms with Gasteiger partial charge in [0.15, 0.2) is 11.5 Å². The molecule has 1 aromatic rings. The second-order valence-corrected chi connectivity index (χ2v) is 6.26. The molecule has 0 aromatic heterocycles. The average molecular weight is 279 g/mol. The number of hydrogen-bond acceptors (Lipinski definition) is 4. The molecule has 3 rings (SSSR count). The first-order valence-electron chi connectivity index (χ1n) is 7.00. The van der Waals surface area contributed by atoms with Gasteiger partial charge >= 0.3 is 0 Å². The summed E-state index contributed by atoms with van der Waals surface area (Å²) in [5, 5.41) is 0. The molecule has 0 unspecified atom stereocenters. The lowest BCUT2D eigenvalue weighted by molar-refractivity contribution is 0.170. The van der Waals surface area contributed by atoms with Crippen molar-refractivity contribution in [2.24, 2.45) is 5.73 Å². The molecule has 3 nitrogen and oxygen atoms in total. The third kappa shape index (κ3) is 2.43. The van der Waals surface area contributed by atoms with E-state index in [1.165, 1.54) is 29.7 Å². The van der Waals surface area contributed by atoms with Crippen LogP contribution in [0.15, 0.2) is 17.0 Å². The number of fused-ring (bicyclic) bond motifs is 1. The summed E-state index contributed by atoms with van der Waals surface area (Å²) < 4.78 is 11.4. The SMILES string of the molecule is CSc1cc2c(cc1C1(N)CCCCC1)OCCO2. The van der Waals surface area contributed by atoms with E-state index in [4.69, 9.17) is 15.2 Å². The number of nitrogens with two attached hydrogens (primary N) is 1. The lowest BCUT2D eigenvalue weighted by Crippen LogP contribution is -2.39. The Bertz CT molecular complexity index is 469. The molecular formula is C15H21NO2S. The fraction of sp³-hybridized carbons (Fsp3) is 0.600. The Hall–Kier alpha value is -0.870. The molecule has 1 saturated carbocycles. The molecule has 0 bridgehead atoms. The van der Waals surface area contributed by atoms with Crippen LogP contribution in [0.2, 0.25) is 0 Å². The van der Waals surface area contributed by atoms with E-state index in [1.54, 1.807) is 11.8 Å². The van der Waals surface area contributed by atoms with Crippen molar-refractivity contribution >= 4 is 11.8 Å². The highest BCUT2D eigenvalue weighted by atomic mass is 32.2. The monoisotopic (exact) mass is 279 g/mol. The molecule has 0 saturated heterocycles. The minimum absolute atomic E-state index is 0.188. The van der Waals surface area contributed by atoms with Crippen LogP contribution in [0.1, 0.15) is 37.7 Å². The summed E-state index contributed by atoms with van der Waals surface area (Å²) in [6.07, 6.45) is 7.98. The van der Waals surface area contributed by atoms with Gasteiger partial charge in [-0.3, -0.25) is 0 Å². The van der Waals surface area contributed by atoms with E-state index in [2.05, 4.69) is 18.4 Å². The Morgan fingerprint density at radius 3 is 2.32 bits per heavy atom. The zero-order chi connectivity index (χ0) is 13.3. The van der Waals surface area contributed by atoms with Crippen molar-refractivity contribution in [3.63, 3.8) is 0 Å². The van der Waals surface area contributed by atoms with E-state index in [-0.39, 0.29) is 5.54 Å². The van der Waals surface area contributed by atoms with Crippen molar-refractivity contribution in [2.75, 3.05) is 19.5 Å². The van der Waals surface area contributed by atoms with Crippen molar-refractivity contribution in [3.8, 4) is 11.5 Å². The molecule has 1 aliphatic heterocycles. The Morgan fingerprint density at radius 2 is 1.68 bits per heavy atom. The van der Waals surface area contributed by atoms with Crippen molar-refractivity contribution in [1.29, 1.82) is 0 Å². The minimum atomic E-state index is -0.188. The second-order valence-electron chi connectivity index (χ2n) is 5.41. The maximum absolute atomic E-state index is 6.68. The van der Waals surface area contributed by atoms with E-state index in [0.717, 1.165) is 24.3 Å². The zero-order valence-electron chi connectivity index (χ0n) is 11.4. The molecule has 104 valence electrons. The lowest BCUT2D eigenvalue weighted by Gasteiger charge is -2.36. The van der Waals surface area contributed by atoms with Gasteiger partial charge in [-0.1, -0.05) is 19.3 Å². The third-order valence-corrected chi connectivity index (χ3v) is 4.92. The lowest BCUT2D eigenvalue weighted by atomic mass is 9.77. The van der Waals surface area contributed by atoms with Crippen LogP contribution in [0, 0.1) is 0 Å². The van der Waals surface area contributed by atoms with Crippen LogP contribution >= 0.6 is 11.8 Å². The topological polar surface area (TPSA) is 44.5 Å². The first-order valence-corrected chi connectivity index (χ1v) is 8.22. The quantitative estimate of drug-likeness (QED) is 0.844. The second kappa shape index (κ2) is 5.25. The highest BCUT2D eigenvalue weighted by molar-refractivity contribution is 7.98. The van der Waals surface area contributed by atoms with Crippen molar-refractivity contribution in [1.82, 2.24) is 0 Å². The van der Waals surface area contributed by atoms with Crippen LogP contribution in [0.25, 0.3) is 0 Å². The van der Waals surface area contributed by atoms with Crippen molar-refractivity contribution < 1.29 is 9.47 Å². The summed E-state index contributed by atoms with van der Waals surface area (Å²) in [6, 6.07) is 4.21. The van der Waals surface area contributed by atoms with Crippen LogP contribution in [-0.4, -0.2) is 19.5 Å². The number of ether oxygens (including phenoxy) is 2. The van der Waals surface area contributed by atoms with E-state index in [1.807, 2.05) is 0 Å². The number of thioether (sulfide) groups is 1. The van der Waals surface area contributed by atoms with Crippen LogP contribution in [0.3, 0.4) is 0 Å². The number of benzene rings is 1. The number of rotatable bonds is 2. The fourth-order valence-corrected chi connectivity index (χ4v) is 3.79. The van der Waals surface area contributed by atoms with Gasteiger partial charge in [-0.25, -0.2) is 0 Å². The Labute approximate surface area is 118 Å². The molecule has 1 aromatic carbocycles. The maximum Gasteiger partial charge on any atom is 0.162 e. The van der Waals surface area contributed by atoms with Gasteiger partial charge in [0.1, 0.15) is 13.2 Å². The van der Waals surface area contributed by atoms with Gasteiger partial charge in [0.25, 0.3) is 0 Å². The molecular weight excluding hydrogens is 258 g/mol. The highest BCUT2D eigenvalue weighted by Crippen LogP contribution is 2.44. The predicted molar refractivity (Wildman–Crippen MR) is 78.2 cm³/mol. The molecule has 1 aliphatic carbocycles. The van der Waals surface area contributed by atoms with E-state index < -0.39 is 0 Å². The van der Waals surface area contributed by atoms with Crippen molar-refractivity contribution in [3.05, 3.63) is 17.7 Å². The van der Waals surface area contributed by atoms with E-state index in [0.29, 0.717) is 13.2 Å².